The Morgan fingerprint density at radius 1 is 1.47 bits per heavy atom. The zero-order valence-electron chi connectivity index (χ0n) is 9.41. The van der Waals surface area contributed by atoms with Crippen LogP contribution >= 0.6 is 0 Å². The zero-order chi connectivity index (χ0) is 12.9. The first-order valence-corrected chi connectivity index (χ1v) is 7.07. The molecule has 17 heavy (non-hydrogen) atoms. The monoisotopic (exact) mass is 260 g/mol. The maximum Gasteiger partial charge on any atom is 0.235 e. The lowest BCUT2D eigenvalue weighted by atomic mass is 10.1. The van der Waals surface area contributed by atoms with Crippen LogP contribution < -0.4 is 5.73 Å². The van der Waals surface area contributed by atoms with Gasteiger partial charge in [0.2, 0.25) is 6.04 Å². The zero-order valence-corrected chi connectivity index (χ0v) is 10.2. The van der Waals surface area contributed by atoms with Crippen LogP contribution in [0.2, 0.25) is 0 Å². The molecule has 2 N–H and O–H groups in total. The van der Waals surface area contributed by atoms with Gasteiger partial charge >= 0.3 is 0 Å². The van der Waals surface area contributed by atoms with Crippen molar-refractivity contribution < 1.29 is 13.3 Å². The maximum atomic E-state index is 11.8. The smallest absolute Gasteiger partial charge is 0.235 e. The van der Waals surface area contributed by atoms with E-state index in [4.69, 9.17) is 5.73 Å². The van der Waals surface area contributed by atoms with Crippen LogP contribution in [0, 0.1) is 10.1 Å². The third-order valence-corrected chi connectivity index (χ3v) is 4.39. The van der Waals surface area contributed by atoms with Crippen molar-refractivity contribution >= 4 is 9.84 Å². The molecule has 1 atom stereocenters. The quantitative estimate of drug-likeness (QED) is 0.428. The Kier molecular flexibility index (Phi) is 4.83. The highest BCUT2D eigenvalue weighted by molar-refractivity contribution is 7.95. The third kappa shape index (κ3) is 3.94. The van der Waals surface area contributed by atoms with Crippen molar-refractivity contribution in [3.8, 4) is 0 Å². The Balaban J connectivity index is 2.63. The second-order valence-corrected chi connectivity index (χ2v) is 5.98. The van der Waals surface area contributed by atoms with Crippen LogP contribution in [0.3, 0.4) is 0 Å². The van der Waals surface area contributed by atoms with E-state index in [0.29, 0.717) is 19.4 Å². The molecule has 1 aliphatic rings. The molecule has 0 fully saturated rings. The molecule has 6 nitrogen and oxygen atoms in total. The summed E-state index contributed by atoms with van der Waals surface area (Å²) in [5, 5.41) is 10.5. The molecule has 0 heterocycles. The van der Waals surface area contributed by atoms with Crippen molar-refractivity contribution in [1.29, 1.82) is 0 Å². The first-order chi connectivity index (χ1) is 7.97. The summed E-state index contributed by atoms with van der Waals surface area (Å²) in [7, 11) is -3.31. The predicted octanol–water partition coefficient (Wildman–Crippen LogP) is 0.629. The highest BCUT2D eigenvalue weighted by Crippen LogP contribution is 2.19. The van der Waals surface area contributed by atoms with Gasteiger partial charge in [-0.2, -0.15) is 0 Å². The van der Waals surface area contributed by atoms with Gasteiger partial charge in [-0.25, -0.2) is 8.42 Å². The van der Waals surface area contributed by atoms with Gasteiger partial charge in [0.05, 0.1) is 10.7 Å². The summed E-state index contributed by atoms with van der Waals surface area (Å²) in [5.41, 5.74) is 5.29. The number of rotatable bonds is 6. The van der Waals surface area contributed by atoms with Crippen molar-refractivity contribution in [2.45, 2.75) is 25.3 Å². The van der Waals surface area contributed by atoms with E-state index in [0.717, 1.165) is 0 Å². The molecule has 0 amide bonds. The molecule has 7 heteroatoms. The number of hydrogen-bond donors (Lipinski definition) is 1. The minimum atomic E-state index is -3.31. The lowest BCUT2D eigenvalue weighted by molar-refractivity contribution is -0.508. The van der Waals surface area contributed by atoms with Crippen molar-refractivity contribution in [3.63, 3.8) is 0 Å². The Labute approximate surface area is 100 Å². The number of nitrogens with two attached hydrogens (primary N) is 1. The van der Waals surface area contributed by atoms with Crippen LogP contribution in [0.4, 0.5) is 0 Å². The molecule has 0 bridgehead atoms. The van der Waals surface area contributed by atoms with Crippen molar-refractivity contribution in [2.75, 3.05) is 12.3 Å². The fraction of sp³-hybridized carbons (Fsp3) is 0.600. The lowest BCUT2D eigenvalue weighted by Crippen LogP contribution is -2.20. The summed E-state index contributed by atoms with van der Waals surface area (Å²) in [6, 6.07) is -0.807. The summed E-state index contributed by atoms with van der Waals surface area (Å²) in [5.74, 6) is 0.0451. The SMILES string of the molecule is NCCCCS(=O)(=O)C1=CCC([N+](=O)[O-])C=C1. The minimum Gasteiger partial charge on any atom is -0.330 e. The van der Waals surface area contributed by atoms with E-state index in [-0.39, 0.29) is 17.1 Å². The normalized spacial score (nSPS) is 20.1. The van der Waals surface area contributed by atoms with E-state index in [9.17, 15) is 18.5 Å². The number of sulfone groups is 1. The van der Waals surface area contributed by atoms with Gasteiger partial charge in [-0.15, -0.1) is 0 Å². The minimum absolute atomic E-state index is 0.0451. The van der Waals surface area contributed by atoms with Gasteiger partial charge in [0, 0.05) is 11.3 Å². The van der Waals surface area contributed by atoms with Crippen molar-refractivity contribution in [3.05, 3.63) is 33.2 Å². The maximum absolute atomic E-state index is 11.8. The molecule has 0 aliphatic heterocycles. The number of hydrogen-bond acceptors (Lipinski definition) is 5. The van der Waals surface area contributed by atoms with E-state index in [2.05, 4.69) is 0 Å². The van der Waals surface area contributed by atoms with E-state index in [1.165, 1.54) is 18.2 Å². The number of nitrogens with zero attached hydrogens (tertiary/aromatic N) is 1. The molecular formula is C10H16N2O4S. The van der Waals surface area contributed by atoms with Crippen molar-refractivity contribution in [2.24, 2.45) is 5.73 Å². The van der Waals surface area contributed by atoms with E-state index >= 15 is 0 Å². The predicted molar refractivity (Wildman–Crippen MR) is 64.7 cm³/mol. The summed E-state index contributed by atoms with van der Waals surface area (Å²) < 4.78 is 23.6. The average molecular weight is 260 g/mol. The van der Waals surface area contributed by atoms with Crippen LogP contribution in [-0.4, -0.2) is 31.7 Å². The Bertz CT molecular complexity index is 439. The summed E-state index contributed by atoms with van der Waals surface area (Å²) >= 11 is 0. The Hall–Kier alpha value is -1.21. The highest BCUT2D eigenvalue weighted by Gasteiger charge is 2.23. The number of unbranched alkanes of at least 4 members (excludes halogenated alkanes) is 1. The fourth-order valence-corrected chi connectivity index (χ4v) is 2.99. The van der Waals surface area contributed by atoms with Crippen LogP contribution in [0.1, 0.15) is 19.3 Å². The van der Waals surface area contributed by atoms with Crippen LogP contribution in [0.15, 0.2) is 23.1 Å². The van der Waals surface area contributed by atoms with Gasteiger partial charge in [0.1, 0.15) is 0 Å². The topological polar surface area (TPSA) is 103 Å². The summed E-state index contributed by atoms with van der Waals surface area (Å²) in [4.78, 5) is 10.2. The van der Waals surface area contributed by atoms with E-state index in [1.807, 2.05) is 0 Å². The van der Waals surface area contributed by atoms with Gasteiger partial charge in [-0.1, -0.05) is 6.08 Å². The molecule has 0 aromatic carbocycles. The standard InChI is InChI=1S/C10H16N2O4S/c11-7-1-2-8-17(15,16)10-5-3-9(4-6-10)12(13)14/h3,5-6,9H,1-2,4,7-8,11H2. The third-order valence-electron chi connectivity index (χ3n) is 2.54. The van der Waals surface area contributed by atoms with Crippen LogP contribution in [0.25, 0.3) is 0 Å². The molecule has 0 spiro atoms. The molecular weight excluding hydrogens is 244 g/mol. The Morgan fingerprint density at radius 2 is 2.18 bits per heavy atom. The van der Waals surface area contributed by atoms with Gasteiger partial charge in [-0.05, 0) is 31.5 Å². The first kappa shape index (κ1) is 13.9. The Morgan fingerprint density at radius 3 is 2.65 bits per heavy atom. The molecule has 0 aromatic rings. The van der Waals surface area contributed by atoms with Gasteiger partial charge in [0.15, 0.2) is 9.84 Å². The lowest BCUT2D eigenvalue weighted by Gasteiger charge is -2.10. The largest absolute Gasteiger partial charge is 0.330 e. The number of allylic oxidation sites excluding steroid dienone is 1. The van der Waals surface area contributed by atoms with Crippen LogP contribution in [0.5, 0.6) is 0 Å². The highest BCUT2D eigenvalue weighted by atomic mass is 32.2. The van der Waals surface area contributed by atoms with Gasteiger partial charge in [0.25, 0.3) is 0 Å². The molecule has 1 rings (SSSR count). The number of nitro groups is 1. The van der Waals surface area contributed by atoms with Crippen molar-refractivity contribution in [1.82, 2.24) is 0 Å². The van der Waals surface area contributed by atoms with E-state index in [1.54, 1.807) is 0 Å². The molecule has 0 saturated carbocycles. The first-order valence-electron chi connectivity index (χ1n) is 5.42. The average Bonchev–Trinajstić information content (AvgIpc) is 2.29. The van der Waals surface area contributed by atoms with Gasteiger partial charge in [-0.3, -0.25) is 10.1 Å². The second-order valence-electron chi connectivity index (χ2n) is 3.87. The molecule has 96 valence electrons. The summed E-state index contributed by atoms with van der Waals surface area (Å²) in [6.07, 6.45) is 5.39. The molecule has 1 aliphatic carbocycles. The fourth-order valence-electron chi connectivity index (χ4n) is 1.53. The molecule has 0 aromatic heterocycles. The molecule has 1 unspecified atom stereocenters. The van der Waals surface area contributed by atoms with Gasteiger partial charge < -0.3 is 5.73 Å². The molecule has 0 saturated heterocycles. The molecule has 0 radical (unpaired) electrons. The van der Waals surface area contributed by atoms with Crippen LogP contribution in [-0.2, 0) is 9.84 Å². The second kappa shape index (κ2) is 5.92. The van der Waals surface area contributed by atoms with E-state index < -0.39 is 20.8 Å². The summed E-state index contributed by atoms with van der Waals surface area (Å²) in [6.45, 7) is 0.466.